The zero-order valence-corrected chi connectivity index (χ0v) is 25.9. The van der Waals surface area contributed by atoms with Crippen LogP contribution in [0.4, 0.5) is 11.4 Å². The number of hydrogen-bond donors (Lipinski definition) is 2. The highest BCUT2D eigenvalue weighted by atomic mass is 16.5. The van der Waals surface area contributed by atoms with Gasteiger partial charge < -0.3 is 20.9 Å². The van der Waals surface area contributed by atoms with E-state index in [1.165, 1.54) is 43.2 Å². The molecule has 1 aliphatic rings. The van der Waals surface area contributed by atoms with Gasteiger partial charge in [0.1, 0.15) is 23.0 Å². The second-order valence-corrected chi connectivity index (χ2v) is 12.4. The van der Waals surface area contributed by atoms with Gasteiger partial charge in [-0.1, -0.05) is 50.5 Å². The van der Waals surface area contributed by atoms with Gasteiger partial charge in [0, 0.05) is 16.8 Å². The SMILES string of the molecule is CCCCC1CCC(c2ccc(Oc3ccc(N)cc3C)c(C)c2)(c2ccc(Oc3ccc(N)cc3C)c(C)c2)CC1. The number of ether oxygens (including phenoxy) is 2. The van der Waals surface area contributed by atoms with Crippen LogP contribution >= 0.6 is 0 Å². The lowest BCUT2D eigenvalue weighted by molar-refractivity contribution is 0.251. The minimum absolute atomic E-state index is 0.0382. The maximum Gasteiger partial charge on any atom is 0.130 e. The lowest BCUT2D eigenvalue weighted by Gasteiger charge is -2.42. The maximum absolute atomic E-state index is 6.37. The monoisotopic (exact) mass is 562 g/mol. The van der Waals surface area contributed by atoms with Gasteiger partial charge in [0.05, 0.1) is 0 Å². The van der Waals surface area contributed by atoms with E-state index in [1.807, 2.05) is 50.2 Å². The zero-order valence-electron chi connectivity index (χ0n) is 25.9. The van der Waals surface area contributed by atoms with E-state index in [0.717, 1.165) is 75.4 Å². The van der Waals surface area contributed by atoms with Gasteiger partial charge >= 0.3 is 0 Å². The van der Waals surface area contributed by atoms with E-state index >= 15 is 0 Å². The van der Waals surface area contributed by atoms with Crippen LogP contribution in [0, 0.1) is 33.6 Å². The lowest BCUT2D eigenvalue weighted by atomic mass is 9.62. The molecule has 0 bridgehead atoms. The van der Waals surface area contributed by atoms with E-state index < -0.39 is 0 Å². The number of hydrogen-bond acceptors (Lipinski definition) is 4. The maximum atomic E-state index is 6.37. The van der Waals surface area contributed by atoms with Crippen molar-refractivity contribution in [3.8, 4) is 23.0 Å². The molecule has 0 heterocycles. The number of nitrogens with two attached hydrogens (primary N) is 2. The van der Waals surface area contributed by atoms with Gasteiger partial charge in [-0.05, 0) is 141 Å². The third-order valence-electron chi connectivity index (χ3n) is 9.22. The summed E-state index contributed by atoms with van der Waals surface area (Å²) < 4.78 is 12.7. The smallest absolute Gasteiger partial charge is 0.130 e. The molecular formula is C38H46N2O2. The van der Waals surface area contributed by atoms with Crippen molar-refractivity contribution in [1.29, 1.82) is 0 Å². The van der Waals surface area contributed by atoms with Crippen LogP contribution in [0.3, 0.4) is 0 Å². The molecule has 0 atom stereocenters. The van der Waals surface area contributed by atoms with Gasteiger partial charge in [-0.2, -0.15) is 0 Å². The summed E-state index contributed by atoms with van der Waals surface area (Å²) in [7, 11) is 0. The molecule has 5 rings (SSSR count). The van der Waals surface area contributed by atoms with Crippen LogP contribution in [0.2, 0.25) is 0 Å². The van der Waals surface area contributed by atoms with E-state index in [2.05, 4.69) is 57.2 Å². The highest BCUT2D eigenvalue weighted by Crippen LogP contribution is 2.49. The Morgan fingerprint density at radius 2 is 1.02 bits per heavy atom. The number of nitrogen functional groups attached to an aromatic ring is 2. The highest BCUT2D eigenvalue weighted by Gasteiger charge is 2.39. The molecule has 220 valence electrons. The largest absolute Gasteiger partial charge is 0.457 e. The fourth-order valence-electron chi connectivity index (χ4n) is 6.63. The van der Waals surface area contributed by atoms with E-state index in [-0.39, 0.29) is 5.41 Å². The van der Waals surface area contributed by atoms with Crippen LogP contribution in [0.25, 0.3) is 0 Å². The molecule has 4 heteroatoms. The molecule has 0 amide bonds. The highest BCUT2D eigenvalue weighted by molar-refractivity contribution is 5.53. The molecule has 0 unspecified atom stereocenters. The third-order valence-corrected chi connectivity index (χ3v) is 9.22. The summed E-state index contributed by atoms with van der Waals surface area (Å²) >= 11 is 0. The van der Waals surface area contributed by atoms with E-state index in [9.17, 15) is 0 Å². The number of aryl methyl sites for hydroxylation is 4. The number of anilines is 2. The molecule has 1 saturated carbocycles. The quantitative estimate of drug-likeness (QED) is 0.199. The van der Waals surface area contributed by atoms with Gasteiger partial charge in [-0.15, -0.1) is 0 Å². The Bertz CT molecular complexity index is 1440. The van der Waals surface area contributed by atoms with Crippen molar-refractivity contribution in [3.63, 3.8) is 0 Å². The van der Waals surface area contributed by atoms with Gasteiger partial charge in [0.25, 0.3) is 0 Å². The van der Waals surface area contributed by atoms with Crippen LogP contribution in [-0.4, -0.2) is 0 Å². The van der Waals surface area contributed by atoms with Crippen LogP contribution in [0.5, 0.6) is 23.0 Å². The van der Waals surface area contributed by atoms with Gasteiger partial charge in [0.15, 0.2) is 0 Å². The first-order chi connectivity index (χ1) is 20.2. The van der Waals surface area contributed by atoms with Crippen molar-refractivity contribution in [3.05, 3.63) is 106 Å². The van der Waals surface area contributed by atoms with Crippen molar-refractivity contribution in [1.82, 2.24) is 0 Å². The van der Waals surface area contributed by atoms with Crippen molar-refractivity contribution < 1.29 is 9.47 Å². The predicted octanol–water partition coefficient (Wildman–Crippen LogP) is 10.3. The Labute approximate surface area is 252 Å². The van der Waals surface area contributed by atoms with Crippen molar-refractivity contribution in [2.45, 2.75) is 85.0 Å². The Balaban J connectivity index is 1.47. The normalized spacial score (nSPS) is 15.0. The standard InChI is InChI=1S/C38H46N2O2/c1-6-7-8-29-17-19-38(20-18-29,30-9-13-34(25(2)21-30)41-36-15-11-32(39)23-27(36)4)31-10-14-35(26(3)22-31)42-37-16-12-33(40)24-28(37)5/h9-16,21-24,29H,6-8,17-20,39-40H2,1-5H3. The molecule has 0 radical (unpaired) electrons. The number of benzene rings is 4. The van der Waals surface area contributed by atoms with Crippen LogP contribution in [0.15, 0.2) is 72.8 Å². The first-order valence-electron chi connectivity index (χ1n) is 15.5. The Morgan fingerprint density at radius 1 is 0.619 bits per heavy atom. The molecule has 4 aromatic rings. The molecule has 0 spiro atoms. The van der Waals surface area contributed by atoms with Crippen LogP contribution < -0.4 is 20.9 Å². The Morgan fingerprint density at radius 3 is 1.40 bits per heavy atom. The van der Waals surface area contributed by atoms with E-state index in [0.29, 0.717) is 0 Å². The van der Waals surface area contributed by atoms with Crippen molar-refractivity contribution >= 4 is 11.4 Å². The van der Waals surface area contributed by atoms with Crippen molar-refractivity contribution in [2.75, 3.05) is 11.5 Å². The summed E-state index contributed by atoms with van der Waals surface area (Å²) in [6.45, 7) is 10.7. The third kappa shape index (κ3) is 6.28. The minimum Gasteiger partial charge on any atom is -0.457 e. The summed E-state index contributed by atoms with van der Waals surface area (Å²) in [5.41, 5.74) is 20.5. The zero-order chi connectivity index (χ0) is 29.9. The molecule has 42 heavy (non-hydrogen) atoms. The fraction of sp³-hybridized carbons (Fsp3) is 0.368. The lowest BCUT2D eigenvalue weighted by Crippen LogP contribution is -2.33. The van der Waals surface area contributed by atoms with Crippen LogP contribution in [0.1, 0.15) is 85.3 Å². The van der Waals surface area contributed by atoms with E-state index in [1.54, 1.807) is 0 Å². The molecule has 4 nitrogen and oxygen atoms in total. The average molecular weight is 563 g/mol. The average Bonchev–Trinajstić information content (AvgIpc) is 2.97. The van der Waals surface area contributed by atoms with Gasteiger partial charge in [0.2, 0.25) is 0 Å². The second kappa shape index (κ2) is 12.5. The molecule has 0 aliphatic heterocycles. The molecule has 4 aromatic carbocycles. The molecular weight excluding hydrogens is 516 g/mol. The Hall–Kier alpha value is -3.92. The fourth-order valence-corrected chi connectivity index (χ4v) is 6.63. The first-order valence-corrected chi connectivity index (χ1v) is 15.5. The van der Waals surface area contributed by atoms with Crippen LogP contribution in [-0.2, 0) is 5.41 Å². The van der Waals surface area contributed by atoms with E-state index in [4.69, 9.17) is 20.9 Å². The Kier molecular flexibility index (Phi) is 8.82. The first kappa shape index (κ1) is 29.6. The summed E-state index contributed by atoms with van der Waals surface area (Å²) in [6.07, 6.45) is 8.73. The van der Waals surface area contributed by atoms with Gasteiger partial charge in [-0.25, -0.2) is 0 Å². The molecule has 4 N–H and O–H groups in total. The molecule has 0 saturated heterocycles. The second-order valence-electron chi connectivity index (χ2n) is 12.4. The topological polar surface area (TPSA) is 70.5 Å². The molecule has 0 aromatic heterocycles. The summed E-state index contributed by atoms with van der Waals surface area (Å²) in [4.78, 5) is 0. The summed E-state index contributed by atoms with van der Waals surface area (Å²) in [5.74, 6) is 4.27. The molecule has 1 aliphatic carbocycles. The molecule has 1 fully saturated rings. The van der Waals surface area contributed by atoms with Gasteiger partial charge in [-0.3, -0.25) is 0 Å². The van der Waals surface area contributed by atoms with Crippen molar-refractivity contribution in [2.24, 2.45) is 5.92 Å². The predicted molar refractivity (Wildman–Crippen MR) is 176 cm³/mol. The number of rotatable bonds is 9. The summed E-state index contributed by atoms with van der Waals surface area (Å²) in [6, 6.07) is 25.2. The summed E-state index contributed by atoms with van der Waals surface area (Å²) in [5, 5.41) is 0. The minimum atomic E-state index is -0.0382. The number of unbranched alkanes of at least 4 members (excludes halogenated alkanes) is 1.